The third kappa shape index (κ3) is 8.43. The molecule has 0 aliphatic carbocycles. The second kappa shape index (κ2) is 8.16. The van der Waals surface area contributed by atoms with Crippen LogP contribution in [-0.4, -0.2) is 21.6 Å². The van der Waals surface area contributed by atoms with E-state index in [0.717, 1.165) is 25.7 Å². The van der Waals surface area contributed by atoms with Crippen molar-refractivity contribution in [2.24, 2.45) is 0 Å². The summed E-state index contributed by atoms with van der Waals surface area (Å²) in [7, 11) is -3.95. The Balaban J connectivity index is 3.35. The standard InChI is InChI=1S/C8H18O5S/c1-3-5-6-7-8-11-13-14(9,10)12-4-2/h3-8H2,1-2H3. The number of hydrogen-bond donors (Lipinski definition) is 0. The van der Waals surface area contributed by atoms with Gasteiger partial charge in [0, 0.05) is 0 Å². The summed E-state index contributed by atoms with van der Waals surface area (Å²) in [6, 6.07) is 0. The van der Waals surface area contributed by atoms with Crippen LogP contribution in [0.4, 0.5) is 0 Å². The Labute approximate surface area is 85.6 Å². The van der Waals surface area contributed by atoms with Crippen LogP contribution in [0.1, 0.15) is 39.5 Å². The summed E-state index contributed by atoms with van der Waals surface area (Å²) < 4.78 is 29.9. The Bertz CT molecular complexity index is 212. The summed E-state index contributed by atoms with van der Waals surface area (Å²) in [5.74, 6) is 0. The molecule has 0 aliphatic heterocycles. The lowest BCUT2D eigenvalue weighted by Crippen LogP contribution is -2.11. The largest absolute Gasteiger partial charge is 0.426 e. The van der Waals surface area contributed by atoms with Crippen LogP contribution < -0.4 is 0 Å². The fourth-order valence-corrected chi connectivity index (χ4v) is 1.36. The fourth-order valence-electron chi connectivity index (χ4n) is 0.845. The molecule has 0 atom stereocenters. The molecule has 0 radical (unpaired) electrons. The van der Waals surface area contributed by atoms with Crippen LogP contribution in [0.5, 0.6) is 0 Å². The molecule has 0 rings (SSSR count). The van der Waals surface area contributed by atoms with Gasteiger partial charge in [0.1, 0.15) is 0 Å². The summed E-state index contributed by atoms with van der Waals surface area (Å²) in [5, 5.41) is 0. The molecule has 0 aromatic rings. The van der Waals surface area contributed by atoms with E-state index in [1.165, 1.54) is 0 Å². The zero-order valence-corrected chi connectivity index (χ0v) is 9.51. The monoisotopic (exact) mass is 226 g/mol. The minimum Gasteiger partial charge on any atom is -0.247 e. The molecule has 0 amide bonds. The van der Waals surface area contributed by atoms with Crippen molar-refractivity contribution in [2.45, 2.75) is 39.5 Å². The second-order valence-corrected chi connectivity index (χ2v) is 3.95. The van der Waals surface area contributed by atoms with Crippen molar-refractivity contribution in [3.8, 4) is 0 Å². The van der Waals surface area contributed by atoms with Gasteiger partial charge in [-0.05, 0) is 13.3 Å². The third-order valence-corrected chi connectivity index (χ3v) is 2.26. The molecule has 0 unspecified atom stereocenters. The highest BCUT2D eigenvalue weighted by atomic mass is 32.3. The average molecular weight is 226 g/mol. The smallest absolute Gasteiger partial charge is 0.247 e. The van der Waals surface area contributed by atoms with Gasteiger partial charge in [-0.25, -0.2) is 9.07 Å². The first-order chi connectivity index (χ1) is 6.62. The molecule has 0 fully saturated rings. The van der Waals surface area contributed by atoms with E-state index in [4.69, 9.17) is 0 Å². The summed E-state index contributed by atoms with van der Waals surface area (Å²) in [6.45, 7) is 3.97. The quantitative estimate of drug-likeness (QED) is 0.341. The van der Waals surface area contributed by atoms with Gasteiger partial charge in [-0.1, -0.05) is 30.5 Å². The molecule has 0 spiro atoms. The predicted octanol–water partition coefficient (Wildman–Crippen LogP) is 1.80. The van der Waals surface area contributed by atoms with Crippen molar-refractivity contribution in [3.63, 3.8) is 0 Å². The summed E-state index contributed by atoms with van der Waals surface area (Å²) in [4.78, 5) is 4.48. The van der Waals surface area contributed by atoms with E-state index >= 15 is 0 Å². The zero-order valence-electron chi connectivity index (χ0n) is 8.69. The molecule has 0 aliphatic rings. The molecule has 0 aromatic carbocycles. The van der Waals surface area contributed by atoms with Crippen LogP contribution >= 0.6 is 0 Å². The van der Waals surface area contributed by atoms with E-state index in [1.807, 2.05) is 0 Å². The van der Waals surface area contributed by atoms with E-state index in [9.17, 15) is 8.42 Å². The molecule has 0 aromatic heterocycles. The minimum atomic E-state index is -3.95. The first-order valence-electron chi connectivity index (χ1n) is 4.82. The SMILES string of the molecule is CCCCCCOOS(=O)(=O)OCC. The molecular formula is C8H18O5S. The Morgan fingerprint density at radius 1 is 1.07 bits per heavy atom. The molecule has 5 nitrogen and oxygen atoms in total. The highest BCUT2D eigenvalue weighted by molar-refractivity contribution is 7.81. The maximum absolute atomic E-state index is 10.7. The third-order valence-electron chi connectivity index (χ3n) is 1.47. The van der Waals surface area contributed by atoms with E-state index in [0.29, 0.717) is 0 Å². The van der Waals surface area contributed by atoms with Crippen molar-refractivity contribution >= 4 is 10.4 Å². The number of hydrogen-bond acceptors (Lipinski definition) is 5. The van der Waals surface area contributed by atoms with Crippen molar-refractivity contribution in [3.05, 3.63) is 0 Å². The maximum Gasteiger partial charge on any atom is 0.426 e. The summed E-state index contributed by atoms with van der Waals surface area (Å²) in [5.41, 5.74) is 0. The number of rotatable bonds is 9. The normalized spacial score (nSPS) is 11.9. The van der Waals surface area contributed by atoms with Crippen LogP contribution in [-0.2, 0) is 23.8 Å². The van der Waals surface area contributed by atoms with E-state index in [2.05, 4.69) is 20.3 Å². The van der Waals surface area contributed by atoms with Gasteiger partial charge in [0.25, 0.3) is 0 Å². The number of unbranched alkanes of at least 4 members (excludes halogenated alkanes) is 3. The first kappa shape index (κ1) is 13.8. The topological polar surface area (TPSA) is 61.8 Å². The summed E-state index contributed by atoms with van der Waals surface area (Å²) >= 11 is 0. The van der Waals surface area contributed by atoms with Gasteiger partial charge in [0.15, 0.2) is 0 Å². The second-order valence-electron chi connectivity index (χ2n) is 2.77. The Morgan fingerprint density at radius 2 is 1.79 bits per heavy atom. The van der Waals surface area contributed by atoms with E-state index in [-0.39, 0.29) is 13.2 Å². The minimum absolute atomic E-state index is 0.0432. The molecule has 0 heterocycles. The molecule has 0 bridgehead atoms. The van der Waals surface area contributed by atoms with Crippen molar-refractivity contribution in [1.82, 2.24) is 0 Å². The lowest BCUT2D eigenvalue weighted by atomic mass is 10.2. The van der Waals surface area contributed by atoms with E-state index in [1.54, 1.807) is 6.92 Å². The highest BCUT2D eigenvalue weighted by Crippen LogP contribution is 2.01. The van der Waals surface area contributed by atoms with Gasteiger partial charge in [0.05, 0.1) is 13.2 Å². The Kier molecular flexibility index (Phi) is 8.07. The zero-order chi connectivity index (χ0) is 10.9. The lowest BCUT2D eigenvalue weighted by molar-refractivity contribution is -0.210. The van der Waals surface area contributed by atoms with Crippen LogP contribution in [0.15, 0.2) is 0 Å². The Hall–Kier alpha value is -0.170. The maximum atomic E-state index is 10.7. The molecule has 14 heavy (non-hydrogen) atoms. The fraction of sp³-hybridized carbons (Fsp3) is 1.00. The van der Waals surface area contributed by atoms with Crippen molar-refractivity contribution in [2.75, 3.05) is 13.2 Å². The van der Waals surface area contributed by atoms with E-state index < -0.39 is 10.4 Å². The van der Waals surface area contributed by atoms with Crippen LogP contribution in [0, 0.1) is 0 Å². The van der Waals surface area contributed by atoms with Gasteiger partial charge in [-0.2, -0.15) is 8.42 Å². The molecular weight excluding hydrogens is 208 g/mol. The molecule has 86 valence electrons. The molecule has 0 N–H and O–H groups in total. The van der Waals surface area contributed by atoms with Crippen LogP contribution in [0.3, 0.4) is 0 Å². The van der Waals surface area contributed by atoms with Crippen molar-refractivity contribution < 1.29 is 21.8 Å². The van der Waals surface area contributed by atoms with Crippen LogP contribution in [0.2, 0.25) is 0 Å². The highest BCUT2D eigenvalue weighted by Gasteiger charge is 2.11. The average Bonchev–Trinajstić information content (AvgIpc) is 2.11. The lowest BCUT2D eigenvalue weighted by Gasteiger charge is -2.03. The van der Waals surface area contributed by atoms with Gasteiger partial charge in [-0.15, -0.1) is 0 Å². The molecule has 0 saturated carbocycles. The van der Waals surface area contributed by atoms with Gasteiger partial charge in [-0.3, -0.25) is 0 Å². The van der Waals surface area contributed by atoms with Gasteiger partial charge < -0.3 is 0 Å². The first-order valence-corrected chi connectivity index (χ1v) is 6.16. The van der Waals surface area contributed by atoms with Gasteiger partial charge in [0.2, 0.25) is 0 Å². The Morgan fingerprint density at radius 3 is 2.36 bits per heavy atom. The molecule has 6 heteroatoms. The van der Waals surface area contributed by atoms with Crippen LogP contribution in [0.25, 0.3) is 0 Å². The van der Waals surface area contributed by atoms with Crippen molar-refractivity contribution in [1.29, 1.82) is 0 Å². The van der Waals surface area contributed by atoms with Gasteiger partial charge >= 0.3 is 10.4 Å². The molecule has 0 saturated heterocycles. The summed E-state index contributed by atoms with van der Waals surface area (Å²) in [6.07, 6.45) is 4.03. The predicted molar refractivity (Wildman–Crippen MR) is 51.7 cm³/mol.